The number of piperidine rings is 1. The van der Waals surface area contributed by atoms with E-state index in [0.29, 0.717) is 17.3 Å². The quantitative estimate of drug-likeness (QED) is 0.795. The lowest BCUT2D eigenvalue weighted by molar-refractivity contribution is -0.141. The predicted octanol–water partition coefficient (Wildman–Crippen LogP) is 3.20. The van der Waals surface area contributed by atoms with E-state index in [-0.39, 0.29) is 18.6 Å². The average Bonchev–Trinajstić information content (AvgIpc) is 3.13. The topological polar surface area (TPSA) is 41.6 Å². The van der Waals surface area contributed by atoms with Gasteiger partial charge in [0.25, 0.3) is 0 Å². The zero-order valence-electron chi connectivity index (χ0n) is 15.2. The molecule has 3 atom stereocenters. The smallest absolute Gasteiger partial charge is 0.248 e. The van der Waals surface area contributed by atoms with Crippen LogP contribution in [0.5, 0.6) is 0 Å². The van der Waals surface area contributed by atoms with Gasteiger partial charge in [0.2, 0.25) is 5.91 Å². The van der Waals surface area contributed by atoms with Crippen LogP contribution >= 0.6 is 11.8 Å². The molecule has 1 N–H and O–H groups in total. The lowest BCUT2D eigenvalue weighted by Crippen LogP contribution is -2.47. The second-order valence-electron chi connectivity index (χ2n) is 7.79. The van der Waals surface area contributed by atoms with Crippen LogP contribution in [0.15, 0.2) is 0 Å². The zero-order chi connectivity index (χ0) is 16.8. The van der Waals surface area contributed by atoms with E-state index in [1.54, 1.807) is 0 Å². The lowest BCUT2D eigenvalue weighted by Gasteiger charge is -2.36. The molecule has 4 nitrogen and oxygen atoms in total. The normalized spacial score (nSPS) is 32.0. The standard InChI is InChI=1S/C19H34N2O2S/c1-15-9-10-17(12-20-15)23-14-19(22)21(13-18-8-5-11-24-18)16-6-3-2-4-7-16/h15-18,20H,2-14H2,1H3. The van der Waals surface area contributed by atoms with Gasteiger partial charge in [-0.1, -0.05) is 19.3 Å². The van der Waals surface area contributed by atoms with Crippen molar-refractivity contribution in [3.05, 3.63) is 0 Å². The molecule has 2 aliphatic heterocycles. The number of nitrogens with zero attached hydrogens (tertiary/aromatic N) is 1. The van der Waals surface area contributed by atoms with Crippen molar-refractivity contribution < 1.29 is 9.53 Å². The number of amides is 1. The van der Waals surface area contributed by atoms with Gasteiger partial charge in [-0.15, -0.1) is 0 Å². The predicted molar refractivity (Wildman–Crippen MR) is 101 cm³/mol. The van der Waals surface area contributed by atoms with Crippen molar-refractivity contribution in [1.82, 2.24) is 10.2 Å². The van der Waals surface area contributed by atoms with Gasteiger partial charge in [0.15, 0.2) is 0 Å². The summed E-state index contributed by atoms with van der Waals surface area (Å²) in [5.41, 5.74) is 0. The van der Waals surface area contributed by atoms with Crippen LogP contribution in [0, 0.1) is 0 Å². The van der Waals surface area contributed by atoms with Gasteiger partial charge in [0.1, 0.15) is 6.61 Å². The molecule has 0 aromatic heterocycles. The first kappa shape index (κ1) is 18.5. The second-order valence-corrected chi connectivity index (χ2v) is 9.20. The van der Waals surface area contributed by atoms with Crippen molar-refractivity contribution in [2.24, 2.45) is 0 Å². The Morgan fingerprint density at radius 3 is 2.62 bits per heavy atom. The fraction of sp³-hybridized carbons (Fsp3) is 0.947. The summed E-state index contributed by atoms with van der Waals surface area (Å²) < 4.78 is 5.97. The maximum Gasteiger partial charge on any atom is 0.248 e. The monoisotopic (exact) mass is 354 g/mol. The largest absolute Gasteiger partial charge is 0.367 e. The highest BCUT2D eigenvalue weighted by molar-refractivity contribution is 8.00. The molecule has 0 spiro atoms. The first-order valence-electron chi connectivity index (χ1n) is 9.98. The molecule has 0 aromatic carbocycles. The summed E-state index contributed by atoms with van der Waals surface area (Å²) in [5, 5.41) is 4.10. The minimum atomic E-state index is 0.208. The Kier molecular flexibility index (Phi) is 7.29. The molecular weight excluding hydrogens is 320 g/mol. The molecule has 5 heteroatoms. The van der Waals surface area contributed by atoms with Crippen LogP contribution in [0.4, 0.5) is 0 Å². The molecule has 24 heavy (non-hydrogen) atoms. The number of carbonyl (C=O) groups excluding carboxylic acids is 1. The van der Waals surface area contributed by atoms with Crippen LogP contribution < -0.4 is 5.32 Å². The van der Waals surface area contributed by atoms with Crippen molar-refractivity contribution >= 4 is 17.7 Å². The van der Waals surface area contributed by atoms with Gasteiger partial charge in [-0.3, -0.25) is 4.79 Å². The SMILES string of the molecule is CC1CCC(OCC(=O)N(CC2CCCS2)C2CCCCC2)CN1. The highest BCUT2D eigenvalue weighted by Crippen LogP contribution is 2.30. The van der Waals surface area contributed by atoms with Gasteiger partial charge >= 0.3 is 0 Å². The Labute approximate surface area is 151 Å². The second kappa shape index (κ2) is 9.44. The summed E-state index contributed by atoms with van der Waals surface area (Å²) in [6.45, 7) is 4.31. The molecule has 0 bridgehead atoms. The highest BCUT2D eigenvalue weighted by atomic mass is 32.2. The van der Waals surface area contributed by atoms with Crippen molar-refractivity contribution in [2.75, 3.05) is 25.4 Å². The van der Waals surface area contributed by atoms with E-state index in [9.17, 15) is 4.79 Å². The molecule has 2 saturated heterocycles. The van der Waals surface area contributed by atoms with E-state index < -0.39 is 0 Å². The van der Waals surface area contributed by atoms with Crippen molar-refractivity contribution in [1.29, 1.82) is 0 Å². The van der Waals surface area contributed by atoms with Gasteiger partial charge in [-0.05, 0) is 51.2 Å². The Morgan fingerprint density at radius 2 is 1.96 bits per heavy atom. The minimum Gasteiger partial charge on any atom is -0.367 e. The number of thioether (sulfide) groups is 1. The van der Waals surface area contributed by atoms with Crippen LogP contribution in [0.25, 0.3) is 0 Å². The molecule has 1 saturated carbocycles. The average molecular weight is 355 g/mol. The first-order valence-corrected chi connectivity index (χ1v) is 11.0. The summed E-state index contributed by atoms with van der Waals surface area (Å²) in [6.07, 6.45) is 11.3. The summed E-state index contributed by atoms with van der Waals surface area (Å²) >= 11 is 2.05. The molecular formula is C19H34N2O2S. The van der Waals surface area contributed by atoms with Crippen molar-refractivity contribution in [2.45, 2.75) is 88.1 Å². The minimum absolute atomic E-state index is 0.208. The lowest BCUT2D eigenvalue weighted by atomic mass is 9.94. The molecule has 1 amide bonds. The maximum absolute atomic E-state index is 12.9. The summed E-state index contributed by atoms with van der Waals surface area (Å²) in [4.78, 5) is 15.1. The molecule has 2 heterocycles. The van der Waals surface area contributed by atoms with Gasteiger partial charge in [0, 0.05) is 30.4 Å². The van der Waals surface area contributed by atoms with E-state index in [2.05, 4.69) is 28.9 Å². The van der Waals surface area contributed by atoms with E-state index in [4.69, 9.17) is 4.74 Å². The van der Waals surface area contributed by atoms with Gasteiger partial charge in [-0.25, -0.2) is 0 Å². The van der Waals surface area contributed by atoms with E-state index in [1.165, 1.54) is 50.7 Å². The molecule has 3 fully saturated rings. The number of hydrogen-bond acceptors (Lipinski definition) is 4. The number of ether oxygens (including phenoxy) is 1. The van der Waals surface area contributed by atoms with Crippen LogP contribution in [-0.2, 0) is 9.53 Å². The Bertz CT molecular complexity index is 387. The van der Waals surface area contributed by atoms with E-state index >= 15 is 0 Å². The Balaban J connectivity index is 1.51. The molecule has 3 rings (SSSR count). The fourth-order valence-electron chi connectivity index (χ4n) is 4.24. The Hall–Kier alpha value is -0.260. The van der Waals surface area contributed by atoms with Crippen LogP contribution in [0.1, 0.15) is 64.7 Å². The third-order valence-corrected chi connectivity index (χ3v) is 7.20. The Morgan fingerprint density at radius 1 is 1.12 bits per heavy atom. The molecule has 0 radical (unpaired) electrons. The maximum atomic E-state index is 12.9. The van der Waals surface area contributed by atoms with E-state index in [0.717, 1.165) is 25.9 Å². The van der Waals surface area contributed by atoms with Crippen LogP contribution in [0.2, 0.25) is 0 Å². The number of rotatable bonds is 6. The van der Waals surface area contributed by atoms with E-state index in [1.807, 2.05) is 0 Å². The fourth-order valence-corrected chi connectivity index (χ4v) is 5.51. The first-order chi connectivity index (χ1) is 11.7. The summed E-state index contributed by atoms with van der Waals surface area (Å²) in [5.74, 6) is 1.49. The summed E-state index contributed by atoms with van der Waals surface area (Å²) in [7, 11) is 0. The van der Waals surface area contributed by atoms with Gasteiger partial charge < -0.3 is 15.0 Å². The van der Waals surface area contributed by atoms with Crippen LogP contribution in [-0.4, -0.2) is 59.7 Å². The molecule has 3 aliphatic rings. The van der Waals surface area contributed by atoms with Crippen molar-refractivity contribution in [3.63, 3.8) is 0 Å². The molecule has 0 aromatic rings. The zero-order valence-corrected chi connectivity index (χ0v) is 16.0. The number of nitrogens with one attached hydrogen (secondary N) is 1. The number of hydrogen-bond donors (Lipinski definition) is 1. The molecule has 1 aliphatic carbocycles. The van der Waals surface area contributed by atoms with Gasteiger partial charge in [-0.2, -0.15) is 11.8 Å². The van der Waals surface area contributed by atoms with Crippen LogP contribution in [0.3, 0.4) is 0 Å². The van der Waals surface area contributed by atoms with Crippen molar-refractivity contribution in [3.8, 4) is 0 Å². The summed E-state index contributed by atoms with van der Waals surface area (Å²) in [6, 6.07) is 1.04. The van der Waals surface area contributed by atoms with Gasteiger partial charge in [0.05, 0.1) is 6.10 Å². The number of carbonyl (C=O) groups is 1. The third-order valence-electron chi connectivity index (χ3n) is 5.82. The highest BCUT2D eigenvalue weighted by Gasteiger charge is 2.30. The molecule has 138 valence electrons. The molecule has 3 unspecified atom stereocenters. The third kappa shape index (κ3) is 5.37.